The monoisotopic (exact) mass is 365 g/mol. The van der Waals surface area contributed by atoms with E-state index >= 15 is 0 Å². The number of amides is 2. The number of nitrogens with one attached hydrogen (secondary N) is 2. The molecule has 0 saturated carbocycles. The minimum atomic E-state index is -0.383. The van der Waals surface area contributed by atoms with Crippen LogP contribution in [0.15, 0.2) is 48.5 Å². The van der Waals surface area contributed by atoms with Gasteiger partial charge in [0.2, 0.25) is 5.91 Å². The molecule has 2 aromatic carbocycles. The summed E-state index contributed by atoms with van der Waals surface area (Å²) >= 11 is 0. The molecule has 2 amide bonds. The molecule has 0 atom stereocenters. The first-order valence-corrected chi connectivity index (χ1v) is 8.85. The Hall–Kier alpha value is -3.33. The highest BCUT2D eigenvalue weighted by Crippen LogP contribution is 2.15. The van der Waals surface area contributed by atoms with Gasteiger partial charge in [-0.2, -0.15) is 5.26 Å². The first-order valence-electron chi connectivity index (χ1n) is 8.85. The zero-order valence-electron chi connectivity index (χ0n) is 15.3. The van der Waals surface area contributed by atoms with Crippen molar-refractivity contribution >= 4 is 17.5 Å². The van der Waals surface area contributed by atoms with Crippen molar-refractivity contribution in [2.75, 3.05) is 11.9 Å². The van der Waals surface area contributed by atoms with Crippen LogP contribution in [0.25, 0.3) is 0 Å². The molecule has 0 aliphatic rings. The number of benzene rings is 2. The van der Waals surface area contributed by atoms with E-state index in [1.807, 2.05) is 30.3 Å². The number of carbonyl (C=O) groups is 2. The largest absolute Gasteiger partial charge is 0.484 e. The lowest BCUT2D eigenvalue weighted by Gasteiger charge is -2.12. The number of carbonyl (C=O) groups excluding carboxylic acids is 2. The molecule has 0 saturated heterocycles. The number of nitriles is 1. The van der Waals surface area contributed by atoms with Crippen molar-refractivity contribution in [3.63, 3.8) is 0 Å². The SMILES string of the molecule is CCCc1ccc(OCC(=O)NCc2ccccc2NC(=O)CC#N)cc1. The molecule has 6 nitrogen and oxygen atoms in total. The molecule has 0 aliphatic heterocycles. The Labute approximate surface area is 159 Å². The summed E-state index contributed by atoms with van der Waals surface area (Å²) in [5.74, 6) is 0.00564. The van der Waals surface area contributed by atoms with Crippen molar-refractivity contribution in [3.05, 3.63) is 59.7 Å². The number of nitrogens with zero attached hydrogens (tertiary/aromatic N) is 1. The van der Waals surface area contributed by atoms with Gasteiger partial charge in [-0.3, -0.25) is 9.59 Å². The minimum absolute atomic E-state index is 0.0872. The normalized spacial score (nSPS) is 9.93. The molecule has 0 radical (unpaired) electrons. The van der Waals surface area contributed by atoms with Crippen LogP contribution >= 0.6 is 0 Å². The zero-order valence-corrected chi connectivity index (χ0v) is 15.3. The van der Waals surface area contributed by atoms with Crippen LogP contribution in [-0.4, -0.2) is 18.4 Å². The molecular formula is C21H23N3O3. The molecule has 0 aliphatic carbocycles. The molecule has 0 unspecified atom stereocenters. The van der Waals surface area contributed by atoms with Crippen LogP contribution in [0.5, 0.6) is 5.75 Å². The average molecular weight is 365 g/mol. The second kappa shape index (κ2) is 10.6. The third kappa shape index (κ3) is 6.83. The quantitative estimate of drug-likeness (QED) is 0.714. The summed E-state index contributed by atoms with van der Waals surface area (Å²) in [5.41, 5.74) is 2.57. The van der Waals surface area contributed by atoms with Gasteiger partial charge in [0, 0.05) is 12.2 Å². The number of aryl methyl sites for hydroxylation is 1. The third-order valence-corrected chi connectivity index (χ3v) is 3.84. The molecule has 2 rings (SSSR count). The fourth-order valence-corrected chi connectivity index (χ4v) is 2.50. The second-order valence-electron chi connectivity index (χ2n) is 6.00. The van der Waals surface area contributed by atoms with E-state index in [4.69, 9.17) is 10.00 Å². The molecule has 0 bridgehead atoms. The Morgan fingerprint density at radius 2 is 1.81 bits per heavy atom. The standard InChI is InChI=1S/C21H23N3O3/c1-2-5-16-8-10-18(11-9-16)27-15-21(26)23-14-17-6-3-4-7-19(17)24-20(25)12-13-22/h3-4,6-11H,2,5,12,14-15H2,1H3,(H,23,26)(H,24,25). The van der Waals surface area contributed by atoms with E-state index in [-0.39, 0.29) is 31.4 Å². The molecule has 0 fully saturated rings. The molecule has 0 heterocycles. The van der Waals surface area contributed by atoms with Crippen LogP contribution in [0.2, 0.25) is 0 Å². The van der Waals surface area contributed by atoms with E-state index in [9.17, 15) is 9.59 Å². The van der Waals surface area contributed by atoms with Gasteiger partial charge < -0.3 is 15.4 Å². The maximum Gasteiger partial charge on any atom is 0.258 e. The van der Waals surface area contributed by atoms with Gasteiger partial charge in [-0.05, 0) is 35.7 Å². The van der Waals surface area contributed by atoms with Gasteiger partial charge >= 0.3 is 0 Å². The predicted molar refractivity (Wildman–Crippen MR) is 103 cm³/mol. The summed E-state index contributed by atoms with van der Waals surface area (Å²) in [6, 6.07) is 16.6. The maximum absolute atomic E-state index is 12.0. The summed E-state index contributed by atoms with van der Waals surface area (Å²) in [7, 11) is 0. The lowest BCUT2D eigenvalue weighted by atomic mass is 10.1. The lowest BCUT2D eigenvalue weighted by molar-refractivity contribution is -0.123. The van der Waals surface area contributed by atoms with Crippen LogP contribution in [0.4, 0.5) is 5.69 Å². The Morgan fingerprint density at radius 3 is 2.52 bits per heavy atom. The van der Waals surface area contributed by atoms with Gasteiger partial charge in [-0.25, -0.2) is 0 Å². The third-order valence-electron chi connectivity index (χ3n) is 3.84. The summed E-state index contributed by atoms with van der Waals surface area (Å²) in [4.78, 5) is 23.6. The molecule has 27 heavy (non-hydrogen) atoms. The van der Waals surface area contributed by atoms with Crippen molar-refractivity contribution in [1.29, 1.82) is 5.26 Å². The molecule has 0 aromatic heterocycles. The Bertz CT molecular complexity index is 810. The molecule has 0 spiro atoms. The van der Waals surface area contributed by atoms with Crippen LogP contribution in [-0.2, 0) is 22.6 Å². The van der Waals surface area contributed by atoms with E-state index in [0.717, 1.165) is 18.4 Å². The Morgan fingerprint density at radius 1 is 1.07 bits per heavy atom. The number of ether oxygens (including phenoxy) is 1. The molecule has 2 aromatic rings. The van der Waals surface area contributed by atoms with E-state index < -0.39 is 0 Å². The van der Waals surface area contributed by atoms with Crippen LogP contribution in [0.3, 0.4) is 0 Å². The highest BCUT2D eigenvalue weighted by atomic mass is 16.5. The second-order valence-corrected chi connectivity index (χ2v) is 6.00. The van der Waals surface area contributed by atoms with Crippen LogP contribution in [0.1, 0.15) is 30.9 Å². The van der Waals surface area contributed by atoms with Crippen molar-refractivity contribution in [2.24, 2.45) is 0 Å². The number of hydrogen-bond acceptors (Lipinski definition) is 4. The van der Waals surface area contributed by atoms with E-state index in [2.05, 4.69) is 17.6 Å². The summed E-state index contributed by atoms with van der Waals surface area (Å²) in [5, 5.41) is 14.0. The van der Waals surface area contributed by atoms with E-state index in [1.54, 1.807) is 24.3 Å². The highest BCUT2D eigenvalue weighted by molar-refractivity contribution is 5.92. The zero-order chi connectivity index (χ0) is 19.5. The van der Waals surface area contributed by atoms with Crippen LogP contribution in [0, 0.1) is 11.3 Å². The van der Waals surface area contributed by atoms with Gasteiger partial charge in [0.25, 0.3) is 5.91 Å². The average Bonchev–Trinajstić information content (AvgIpc) is 2.67. The Kier molecular flexibility index (Phi) is 7.86. The van der Waals surface area contributed by atoms with Gasteiger partial charge in [-0.1, -0.05) is 43.7 Å². The number of rotatable bonds is 9. The number of anilines is 1. The Balaban J connectivity index is 1.83. The first kappa shape index (κ1) is 20.0. The van der Waals surface area contributed by atoms with Gasteiger partial charge in [0.15, 0.2) is 6.61 Å². The first-order chi connectivity index (χ1) is 13.1. The highest BCUT2D eigenvalue weighted by Gasteiger charge is 2.08. The summed E-state index contributed by atoms with van der Waals surface area (Å²) < 4.78 is 5.50. The smallest absolute Gasteiger partial charge is 0.258 e. The molecule has 2 N–H and O–H groups in total. The number of hydrogen-bond donors (Lipinski definition) is 2. The fourth-order valence-electron chi connectivity index (χ4n) is 2.50. The van der Waals surface area contributed by atoms with Crippen molar-refractivity contribution in [1.82, 2.24) is 5.32 Å². The number of para-hydroxylation sites is 1. The fraction of sp³-hybridized carbons (Fsp3) is 0.286. The summed E-state index contributed by atoms with van der Waals surface area (Å²) in [6.45, 7) is 2.29. The van der Waals surface area contributed by atoms with E-state index in [0.29, 0.717) is 11.4 Å². The summed E-state index contributed by atoms with van der Waals surface area (Å²) in [6.07, 6.45) is 1.89. The van der Waals surface area contributed by atoms with E-state index in [1.165, 1.54) is 5.56 Å². The molecule has 6 heteroatoms. The van der Waals surface area contributed by atoms with Gasteiger partial charge in [-0.15, -0.1) is 0 Å². The van der Waals surface area contributed by atoms with Gasteiger partial charge in [0.1, 0.15) is 12.2 Å². The topological polar surface area (TPSA) is 91.2 Å². The van der Waals surface area contributed by atoms with Crippen molar-refractivity contribution in [2.45, 2.75) is 32.7 Å². The predicted octanol–water partition coefficient (Wildman–Crippen LogP) is 3.19. The van der Waals surface area contributed by atoms with Crippen molar-refractivity contribution in [3.8, 4) is 11.8 Å². The lowest BCUT2D eigenvalue weighted by Crippen LogP contribution is -2.28. The molecular weight excluding hydrogens is 342 g/mol. The van der Waals surface area contributed by atoms with Crippen molar-refractivity contribution < 1.29 is 14.3 Å². The van der Waals surface area contributed by atoms with Gasteiger partial charge in [0.05, 0.1) is 6.07 Å². The molecule has 140 valence electrons. The van der Waals surface area contributed by atoms with Crippen LogP contribution < -0.4 is 15.4 Å². The maximum atomic E-state index is 12.0. The minimum Gasteiger partial charge on any atom is -0.484 e.